The highest BCUT2D eigenvalue weighted by Crippen LogP contribution is 2.27. The van der Waals surface area contributed by atoms with Gasteiger partial charge in [-0.05, 0) is 19.1 Å². The Kier molecular flexibility index (Phi) is 6.45. The van der Waals surface area contributed by atoms with Crippen LogP contribution in [0.5, 0.6) is 0 Å². The second kappa shape index (κ2) is 7.06. The second-order valence-electron chi connectivity index (χ2n) is 2.45. The number of nitrogens with one attached hydrogen (secondary N) is 1. The second-order valence-corrected chi connectivity index (χ2v) is 2.89. The van der Waals surface area contributed by atoms with Crippen LogP contribution in [0.4, 0.5) is 11.4 Å². The van der Waals surface area contributed by atoms with Crippen molar-refractivity contribution < 1.29 is 4.92 Å². The summed E-state index contributed by atoms with van der Waals surface area (Å²) in [5.41, 5.74) is 0.506. The molecular formula is C10H15ClN2O2. The highest BCUT2D eigenvalue weighted by Gasteiger charge is 2.12. The van der Waals surface area contributed by atoms with Gasteiger partial charge < -0.3 is 5.32 Å². The van der Waals surface area contributed by atoms with Crippen molar-refractivity contribution in [1.29, 1.82) is 0 Å². The average molecular weight is 231 g/mol. The van der Waals surface area contributed by atoms with Gasteiger partial charge in [-0.1, -0.05) is 25.4 Å². The lowest BCUT2D eigenvalue weighted by atomic mass is 10.2. The van der Waals surface area contributed by atoms with E-state index in [2.05, 4.69) is 5.32 Å². The zero-order valence-corrected chi connectivity index (χ0v) is 9.84. The molecule has 0 aliphatic rings. The van der Waals surface area contributed by atoms with Gasteiger partial charge in [-0.15, -0.1) is 0 Å². The molecule has 0 aliphatic carbocycles. The van der Waals surface area contributed by atoms with Crippen LogP contribution in [0.2, 0.25) is 5.02 Å². The summed E-state index contributed by atoms with van der Waals surface area (Å²) >= 11 is 5.63. The predicted octanol–water partition coefficient (Wildman–Crippen LogP) is 3.71. The van der Waals surface area contributed by atoms with Crippen molar-refractivity contribution in [2.75, 3.05) is 11.9 Å². The Bertz CT molecular complexity index is 329. The molecule has 15 heavy (non-hydrogen) atoms. The molecule has 5 heteroatoms. The molecule has 0 fully saturated rings. The molecule has 0 saturated heterocycles. The highest BCUT2D eigenvalue weighted by molar-refractivity contribution is 6.30. The third-order valence-corrected chi connectivity index (χ3v) is 1.76. The zero-order chi connectivity index (χ0) is 11.8. The van der Waals surface area contributed by atoms with Gasteiger partial charge in [0.2, 0.25) is 0 Å². The van der Waals surface area contributed by atoms with E-state index in [4.69, 9.17) is 11.6 Å². The smallest absolute Gasteiger partial charge is 0.293 e. The first-order valence-electron chi connectivity index (χ1n) is 4.83. The van der Waals surface area contributed by atoms with E-state index in [9.17, 15) is 10.1 Å². The van der Waals surface area contributed by atoms with E-state index in [1.165, 1.54) is 6.07 Å². The van der Waals surface area contributed by atoms with Gasteiger partial charge in [0.1, 0.15) is 5.69 Å². The van der Waals surface area contributed by atoms with Crippen LogP contribution in [0.3, 0.4) is 0 Å². The largest absolute Gasteiger partial charge is 0.380 e. The van der Waals surface area contributed by atoms with Gasteiger partial charge in [0.25, 0.3) is 5.69 Å². The van der Waals surface area contributed by atoms with E-state index in [1.807, 2.05) is 20.8 Å². The first-order valence-corrected chi connectivity index (χ1v) is 5.20. The average Bonchev–Trinajstić information content (AvgIpc) is 2.24. The molecular weight excluding hydrogens is 216 g/mol. The van der Waals surface area contributed by atoms with Gasteiger partial charge in [0, 0.05) is 17.6 Å². The van der Waals surface area contributed by atoms with Crippen LogP contribution in [0.25, 0.3) is 0 Å². The first kappa shape index (κ1) is 13.7. The Labute approximate surface area is 94.4 Å². The van der Waals surface area contributed by atoms with E-state index < -0.39 is 4.92 Å². The Balaban J connectivity index is 0.000000921. The monoisotopic (exact) mass is 230 g/mol. The van der Waals surface area contributed by atoms with Crippen LogP contribution in [-0.2, 0) is 0 Å². The summed E-state index contributed by atoms with van der Waals surface area (Å²) in [6, 6.07) is 4.55. The fraction of sp³-hybridized carbons (Fsp3) is 0.400. The molecule has 1 aromatic carbocycles. The van der Waals surface area contributed by atoms with E-state index in [1.54, 1.807) is 12.1 Å². The lowest BCUT2D eigenvalue weighted by molar-refractivity contribution is -0.383. The third-order valence-electron chi connectivity index (χ3n) is 1.52. The summed E-state index contributed by atoms with van der Waals surface area (Å²) < 4.78 is 0. The van der Waals surface area contributed by atoms with Crippen LogP contribution in [0.1, 0.15) is 20.8 Å². The zero-order valence-electron chi connectivity index (χ0n) is 9.08. The number of nitrogens with zero attached hydrogens (tertiary/aromatic N) is 1. The number of nitro benzene ring substituents is 1. The summed E-state index contributed by atoms with van der Waals surface area (Å²) in [4.78, 5) is 10.1. The van der Waals surface area contributed by atoms with Crippen molar-refractivity contribution in [3.63, 3.8) is 0 Å². The van der Waals surface area contributed by atoms with E-state index in [0.717, 1.165) is 0 Å². The van der Waals surface area contributed by atoms with Crippen LogP contribution >= 0.6 is 11.6 Å². The summed E-state index contributed by atoms with van der Waals surface area (Å²) in [6.07, 6.45) is 0. The Morgan fingerprint density at radius 1 is 1.47 bits per heavy atom. The number of nitro groups is 1. The topological polar surface area (TPSA) is 55.2 Å². The summed E-state index contributed by atoms with van der Waals surface area (Å²) in [6.45, 7) is 6.51. The molecule has 0 unspecified atom stereocenters. The van der Waals surface area contributed by atoms with Crippen molar-refractivity contribution in [1.82, 2.24) is 0 Å². The maximum Gasteiger partial charge on any atom is 0.293 e. The van der Waals surface area contributed by atoms with Crippen molar-refractivity contribution in [2.45, 2.75) is 20.8 Å². The normalized spacial score (nSPS) is 8.80. The highest BCUT2D eigenvalue weighted by atomic mass is 35.5. The molecule has 4 nitrogen and oxygen atoms in total. The van der Waals surface area contributed by atoms with Crippen molar-refractivity contribution in [3.05, 3.63) is 33.3 Å². The number of hydrogen-bond acceptors (Lipinski definition) is 3. The summed E-state index contributed by atoms with van der Waals surface area (Å²) in [5, 5.41) is 13.8. The molecule has 0 saturated carbocycles. The quantitative estimate of drug-likeness (QED) is 0.636. The molecule has 0 radical (unpaired) electrons. The maximum absolute atomic E-state index is 10.6. The maximum atomic E-state index is 10.6. The van der Waals surface area contributed by atoms with Crippen molar-refractivity contribution in [2.24, 2.45) is 0 Å². The summed E-state index contributed by atoms with van der Waals surface area (Å²) in [7, 11) is 0. The van der Waals surface area contributed by atoms with Gasteiger partial charge >= 0.3 is 0 Å². The minimum absolute atomic E-state index is 0.00866. The molecule has 0 atom stereocenters. The molecule has 0 aromatic heterocycles. The molecule has 0 amide bonds. The summed E-state index contributed by atoms with van der Waals surface area (Å²) in [5.74, 6) is 0. The number of benzene rings is 1. The molecule has 0 aliphatic heterocycles. The van der Waals surface area contributed by atoms with E-state index in [0.29, 0.717) is 17.3 Å². The lowest BCUT2D eigenvalue weighted by Gasteiger charge is -2.03. The molecule has 0 bridgehead atoms. The van der Waals surface area contributed by atoms with Gasteiger partial charge in [0.15, 0.2) is 0 Å². The molecule has 0 heterocycles. The Morgan fingerprint density at radius 3 is 2.53 bits per heavy atom. The van der Waals surface area contributed by atoms with Crippen LogP contribution in [-0.4, -0.2) is 11.5 Å². The fourth-order valence-electron chi connectivity index (χ4n) is 0.996. The molecule has 84 valence electrons. The molecule has 1 N–H and O–H groups in total. The standard InChI is InChI=1S/C8H9ClN2O2.C2H6/c1-2-10-7-4-3-6(9)5-8(7)11(12)13;1-2/h3-5,10H,2H2,1H3;1-2H3. The van der Waals surface area contributed by atoms with Crippen LogP contribution in [0, 0.1) is 10.1 Å². The minimum atomic E-state index is -0.454. The lowest BCUT2D eigenvalue weighted by Crippen LogP contribution is -2.00. The first-order chi connectivity index (χ1) is 7.15. The van der Waals surface area contributed by atoms with Crippen molar-refractivity contribution in [3.8, 4) is 0 Å². The van der Waals surface area contributed by atoms with Gasteiger partial charge in [0.05, 0.1) is 4.92 Å². The van der Waals surface area contributed by atoms with E-state index >= 15 is 0 Å². The molecule has 1 aromatic rings. The SMILES string of the molecule is CC.CCNc1ccc(Cl)cc1[N+](=O)[O-]. The number of halogens is 1. The predicted molar refractivity (Wildman–Crippen MR) is 63.6 cm³/mol. The van der Waals surface area contributed by atoms with E-state index in [-0.39, 0.29) is 5.69 Å². The minimum Gasteiger partial charge on any atom is -0.380 e. The molecule has 1 rings (SSSR count). The number of rotatable bonds is 3. The van der Waals surface area contributed by atoms with Gasteiger partial charge in [-0.2, -0.15) is 0 Å². The Hall–Kier alpha value is -1.29. The van der Waals surface area contributed by atoms with Gasteiger partial charge in [-0.25, -0.2) is 0 Å². The third kappa shape index (κ3) is 4.16. The number of hydrogen-bond donors (Lipinski definition) is 1. The van der Waals surface area contributed by atoms with Crippen molar-refractivity contribution >= 4 is 23.0 Å². The fourth-order valence-corrected chi connectivity index (χ4v) is 1.16. The molecule has 0 spiro atoms. The number of anilines is 1. The Morgan fingerprint density at radius 2 is 2.07 bits per heavy atom. The van der Waals surface area contributed by atoms with Gasteiger partial charge in [-0.3, -0.25) is 10.1 Å². The van der Waals surface area contributed by atoms with Crippen LogP contribution < -0.4 is 5.32 Å². The van der Waals surface area contributed by atoms with Crippen LogP contribution in [0.15, 0.2) is 18.2 Å².